The molecule has 0 amide bonds. The monoisotopic (exact) mass is 427 g/mol. The second kappa shape index (κ2) is 8.86. The fourth-order valence-corrected chi connectivity index (χ4v) is 4.08. The van der Waals surface area contributed by atoms with Crippen LogP contribution < -0.4 is 0 Å². The average molecular weight is 428 g/mol. The van der Waals surface area contributed by atoms with Gasteiger partial charge in [0.1, 0.15) is 17.4 Å². The minimum absolute atomic E-state index is 0.302. The van der Waals surface area contributed by atoms with E-state index in [2.05, 4.69) is 34.3 Å². The fourth-order valence-electron chi connectivity index (χ4n) is 4.08. The van der Waals surface area contributed by atoms with Crippen molar-refractivity contribution in [1.82, 2.24) is 4.57 Å². The molecular weight excluding hydrogens is 406 g/mol. The first kappa shape index (κ1) is 20.3. The summed E-state index contributed by atoms with van der Waals surface area (Å²) in [6.45, 7) is 4.56. The summed E-state index contributed by atoms with van der Waals surface area (Å²) >= 11 is 0. The lowest BCUT2D eigenvalue weighted by atomic mass is 9.98. The number of rotatable bonds is 6. The number of para-hydroxylation sites is 1. The zero-order valence-electron chi connectivity index (χ0n) is 18.0. The van der Waals surface area contributed by atoms with Gasteiger partial charge < -0.3 is 8.98 Å². The Morgan fingerprint density at radius 2 is 1.58 bits per heavy atom. The third kappa shape index (κ3) is 3.77. The fraction of sp³-hybridized carbons (Fsp3) is 0.0345. The number of allylic oxidation sites excluding steroid dienone is 1. The van der Waals surface area contributed by atoms with Crippen LogP contribution in [0.2, 0.25) is 0 Å². The summed E-state index contributed by atoms with van der Waals surface area (Å²) in [6.07, 6.45) is 5.68. The Morgan fingerprint density at radius 1 is 0.909 bits per heavy atom. The topological polar surface area (TPSA) is 54.2 Å². The lowest BCUT2D eigenvalue weighted by Crippen LogP contribution is -1.91. The Morgan fingerprint density at radius 3 is 2.27 bits per heavy atom. The smallest absolute Gasteiger partial charge is 0.238 e. The second-order valence-electron chi connectivity index (χ2n) is 7.63. The van der Waals surface area contributed by atoms with E-state index in [0.29, 0.717) is 23.8 Å². The molecule has 0 saturated heterocycles. The van der Waals surface area contributed by atoms with Crippen molar-refractivity contribution in [3.05, 3.63) is 115 Å². The number of nitrogens with zero attached hydrogens (tertiary/aromatic N) is 3. The molecule has 0 unspecified atom stereocenters. The van der Waals surface area contributed by atoms with E-state index in [1.807, 2.05) is 85.1 Å². The van der Waals surface area contributed by atoms with E-state index in [-0.39, 0.29) is 0 Å². The summed E-state index contributed by atoms with van der Waals surface area (Å²) in [5, 5.41) is 11.1. The number of furan rings is 1. The van der Waals surface area contributed by atoms with Gasteiger partial charge in [-0.05, 0) is 11.6 Å². The minimum atomic E-state index is 0.302. The van der Waals surface area contributed by atoms with Gasteiger partial charge >= 0.3 is 0 Å². The summed E-state index contributed by atoms with van der Waals surface area (Å²) in [7, 11) is 0. The molecule has 0 aliphatic carbocycles. The average Bonchev–Trinajstić information content (AvgIpc) is 3.42. The molecule has 5 rings (SSSR count). The zero-order valence-corrected chi connectivity index (χ0v) is 18.0. The zero-order chi connectivity index (χ0) is 22.6. The molecule has 0 spiro atoms. The van der Waals surface area contributed by atoms with Crippen molar-refractivity contribution in [2.45, 2.75) is 6.54 Å². The summed E-state index contributed by atoms with van der Waals surface area (Å²) in [4.78, 5) is 4.65. The highest BCUT2D eigenvalue weighted by atomic mass is 16.4. The number of fused-ring (bicyclic) bond motifs is 1. The van der Waals surface area contributed by atoms with Crippen molar-refractivity contribution >= 4 is 23.0 Å². The van der Waals surface area contributed by atoms with Gasteiger partial charge in [-0.2, -0.15) is 5.26 Å². The molecule has 0 aliphatic heterocycles. The van der Waals surface area contributed by atoms with Crippen LogP contribution in [-0.4, -0.2) is 10.8 Å². The Kier molecular flexibility index (Phi) is 5.45. The van der Waals surface area contributed by atoms with Gasteiger partial charge in [-0.15, -0.1) is 6.58 Å². The molecule has 4 heteroatoms. The lowest BCUT2D eigenvalue weighted by molar-refractivity contribution is 0.593. The third-order valence-electron chi connectivity index (χ3n) is 5.57. The van der Waals surface area contributed by atoms with Crippen LogP contribution in [0.1, 0.15) is 11.1 Å². The quantitative estimate of drug-likeness (QED) is 0.210. The first-order valence-corrected chi connectivity index (χ1v) is 10.7. The van der Waals surface area contributed by atoms with E-state index >= 15 is 0 Å². The number of aromatic nitrogens is 1. The minimum Gasteiger partial charge on any atom is -0.436 e. The molecule has 2 aromatic heterocycles. The summed E-state index contributed by atoms with van der Waals surface area (Å²) in [5.74, 6) is 0.940. The highest BCUT2D eigenvalue weighted by Crippen LogP contribution is 2.42. The summed E-state index contributed by atoms with van der Waals surface area (Å²) < 4.78 is 8.35. The van der Waals surface area contributed by atoms with Gasteiger partial charge in [0.2, 0.25) is 5.88 Å². The number of nitriles is 1. The van der Waals surface area contributed by atoms with Crippen LogP contribution in [-0.2, 0) is 6.54 Å². The number of benzene rings is 3. The van der Waals surface area contributed by atoms with Gasteiger partial charge in [0.15, 0.2) is 0 Å². The van der Waals surface area contributed by atoms with Crippen LogP contribution in [0.3, 0.4) is 0 Å². The molecule has 4 nitrogen and oxygen atoms in total. The molecule has 0 fully saturated rings. The predicted octanol–water partition coefficient (Wildman–Crippen LogP) is 7.38. The van der Waals surface area contributed by atoms with Gasteiger partial charge in [0.05, 0.1) is 0 Å². The maximum atomic E-state index is 10.1. The Bertz CT molecular complexity index is 1500. The van der Waals surface area contributed by atoms with Gasteiger partial charge in [0.25, 0.3) is 0 Å². The Hall–Kier alpha value is -4.62. The summed E-state index contributed by atoms with van der Waals surface area (Å²) in [5.41, 5.74) is 5.05. The maximum Gasteiger partial charge on any atom is 0.238 e. The normalized spacial score (nSPS) is 11.1. The van der Waals surface area contributed by atoms with E-state index in [1.165, 1.54) is 0 Å². The van der Waals surface area contributed by atoms with E-state index in [1.54, 1.807) is 6.21 Å². The van der Waals surface area contributed by atoms with E-state index in [0.717, 1.165) is 33.2 Å². The maximum absolute atomic E-state index is 10.1. The van der Waals surface area contributed by atoms with Crippen molar-refractivity contribution < 1.29 is 4.42 Å². The first-order chi connectivity index (χ1) is 16.3. The molecule has 5 aromatic rings. The SMILES string of the molecule is C=CCn1cc(C=Nc2oc(-c3ccccc3)c(-c3ccccc3)c2C#N)c2ccccc21. The standard InChI is InChI=1S/C29H21N3O/c1-2-17-32-20-23(24-15-9-10-16-26(24)32)19-31-29-25(18-30)27(21-11-5-3-6-12-21)28(33-29)22-13-7-4-8-14-22/h2-16,19-20H,1,17H2. The van der Waals surface area contributed by atoms with Gasteiger partial charge in [-0.25, -0.2) is 4.99 Å². The molecule has 0 atom stereocenters. The van der Waals surface area contributed by atoms with Gasteiger partial charge in [-0.3, -0.25) is 0 Å². The molecule has 0 saturated carbocycles. The van der Waals surface area contributed by atoms with Crippen molar-refractivity contribution in [3.8, 4) is 28.5 Å². The predicted molar refractivity (Wildman–Crippen MR) is 134 cm³/mol. The van der Waals surface area contributed by atoms with Crippen molar-refractivity contribution in [3.63, 3.8) is 0 Å². The number of aliphatic imine (C=N–C) groups is 1. The highest BCUT2D eigenvalue weighted by Gasteiger charge is 2.22. The van der Waals surface area contributed by atoms with Crippen LogP contribution in [0, 0.1) is 11.3 Å². The molecule has 0 N–H and O–H groups in total. The number of hydrogen-bond acceptors (Lipinski definition) is 3. The molecule has 0 bridgehead atoms. The van der Waals surface area contributed by atoms with Crippen LogP contribution in [0.25, 0.3) is 33.4 Å². The van der Waals surface area contributed by atoms with Crippen LogP contribution >= 0.6 is 0 Å². The van der Waals surface area contributed by atoms with Crippen molar-refractivity contribution in [2.24, 2.45) is 4.99 Å². The molecule has 2 heterocycles. The summed E-state index contributed by atoms with van der Waals surface area (Å²) in [6, 6.07) is 30.1. The van der Waals surface area contributed by atoms with Crippen LogP contribution in [0.15, 0.2) is 113 Å². The van der Waals surface area contributed by atoms with Gasteiger partial charge in [-0.1, -0.05) is 84.9 Å². The third-order valence-corrected chi connectivity index (χ3v) is 5.57. The molecule has 0 radical (unpaired) electrons. The second-order valence-corrected chi connectivity index (χ2v) is 7.63. The van der Waals surface area contributed by atoms with Gasteiger partial charge in [0, 0.05) is 46.5 Å². The van der Waals surface area contributed by atoms with Crippen molar-refractivity contribution in [2.75, 3.05) is 0 Å². The molecule has 158 valence electrons. The molecule has 3 aromatic carbocycles. The first-order valence-electron chi connectivity index (χ1n) is 10.7. The number of hydrogen-bond donors (Lipinski definition) is 0. The lowest BCUT2D eigenvalue weighted by Gasteiger charge is -2.03. The van der Waals surface area contributed by atoms with E-state index in [4.69, 9.17) is 4.42 Å². The largest absolute Gasteiger partial charge is 0.436 e. The van der Waals surface area contributed by atoms with Crippen molar-refractivity contribution in [1.29, 1.82) is 5.26 Å². The molecule has 33 heavy (non-hydrogen) atoms. The Labute approximate surface area is 192 Å². The van der Waals surface area contributed by atoms with E-state index < -0.39 is 0 Å². The van der Waals surface area contributed by atoms with Crippen LogP contribution in [0.4, 0.5) is 5.88 Å². The van der Waals surface area contributed by atoms with Crippen LogP contribution in [0.5, 0.6) is 0 Å². The molecular formula is C29H21N3O. The Balaban J connectivity index is 1.67. The molecule has 0 aliphatic rings. The van der Waals surface area contributed by atoms with E-state index in [9.17, 15) is 5.26 Å². The highest BCUT2D eigenvalue weighted by molar-refractivity contribution is 6.00.